The molecule has 186 valence electrons. The summed E-state index contributed by atoms with van der Waals surface area (Å²) < 4.78 is 40.6. The van der Waals surface area contributed by atoms with E-state index in [1.807, 2.05) is 0 Å². The van der Waals surface area contributed by atoms with E-state index in [9.17, 15) is 22.9 Å². The van der Waals surface area contributed by atoms with E-state index in [1.165, 1.54) is 12.1 Å². The quantitative estimate of drug-likeness (QED) is 0.418. The average Bonchev–Trinajstić information content (AvgIpc) is 3.35. The Labute approximate surface area is 219 Å². The molecule has 6 nitrogen and oxygen atoms in total. The van der Waals surface area contributed by atoms with Gasteiger partial charge in [0.2, 0.25) is 15.9 Å². The molecule has 0 aromatic heterocycles. The number of carbonyl (C=O) groups is 1. The molecule has 10 heteroatoms. The number of nitrogens with zero attached hydrogens (tertiary/aromatic N) is 2. The van der Waals surface area contributed by atoms with Crippen LogP contribution in [-0.4, -0.2) is 31.2 Å². The number of hydrogen-bond acceptors (Lipinski definition) is 4. The second-order valence-electron chi connectivity index (χ2n) is 8.52. The lowest BCUT2D eigenvalue weighted by atomic mass is 9.91. The third-order valence-electron chi connectivity index (χ3n) is 6.17. The highest BCUT2D eigenvalue weighted by Crippen LogP contribution is 2.35. The van der Waals surface area contributed by atoms with Crippen molar-refractivity contribution in [2.24, 2.45) is 0 Å². The molecular formula is C26H22Cl2FN3O3S. The summed E-state index contributed by atoms with van der Waals surface area (Å²) in [6.45, 7) is 1.95. The number of halogens is 3. The van der Waals surface area contributed by atoms with Crippen molar-refractivity contribution in [1.82, 2.24) is 4.31 Å². The van der Waals surface area contributed by atoms with Gasteiger partial charge in [-0.2, -0.15) is 9.57 Å². The topological polar surface area (TPSA) is 90.3 Å². The van der Waals surface area contributed by atoms with E-state index in [-0.39, 0.29) is 11.4 Å². The van der Waals surface area contributed by atoms with Crippen molar-refractivity contribution in [3.05, 3.63) is 93.2 Å². The third kappa shape index (κ3) is 5.25. The molecule has 0 aliphatic carbocycles. The Morgan fingerprint density at radius 2 is 1.81 bits per heavy atom. The van der Waals surface area contributed by atoms with Crippen LogP contribution in [0.25, 0.3) is 0 Å². The highest BCUT2D eigenvalue weighted by Gasteiger charge is 2.39. The molecule has 1 aliphatic rings. The smallest absolute Gasteiger partial charge is 0.243 e. The summed E-state index contributed by atoms with van der Waals surface area (Å²) in [5.41, 5.74) is 2.40. The highest BCUT2D eigenvalue weighted by molar-refractivity contribution is 7.89. The van der Waals surface area contributed by atoms with Gasteiger partial charge in [0.1, 0.15) is 11.9 Å². The molecule has 4 rings (SSSR count). The minimum Gasteiger partial charge on any atom is -0.324 e. The van der Waals surface area contributed by atoms with E-state index < -0.39 is 33.7 Å². The van der Waals surface area contributed by atoms with Crippen molar-refractivity contribution in [1.29, 1.82) is 5.26 Å². The molecule has 2 atom stereocenters. The van der Waals surface area contributed by atoms with Gasteiger partial charge in [-0.25, -0.2) is 12.8 Å². The third-order valence-corrected chi connectivity index (χ3v) is 8.67. The number of benzene rings is 3. The summed E-state index contributed by atoms with van der Waals surface area (Å²) in [6.07, 6.45) is 0.867. The largest absolute Gasteiger partial charge is 0.324 e. The molecule has 1 fully saturated rings. The standard InChI is InChI=1S/C26H22Cl2FN3O3S/c1-16-13-21(22(15-30)17-4-6-18(27)7-5-17)23(28)14-24(16)31-26(33)25-3-2-12-32(25)36(34,35)20-10-8-19(29)9-11-20/h4-11,13-14,22,25H,2-3,12H2,1H3,(H,31,33). The zero-order valence-electron chi connectivity index (χ0n) is 19.2. The number of rotatable bonds is 6. The summed E-state index contributed by atoms with van der Waals surface area (Å²) >= 11 is 12.5. The lowest BCUT2D eigenvalue weighted by Crippen LogP contribution is -2.43. The average molecular weight is 546 g/mol. The first-order valence-corrected chi connectivity index (χ1v) is 13.3. The molecule has 1 heterocycles. The van der Waals surface area contributed by atoms with E-state index in [4.69, 9.17) is 23.2 Å². The Hall–Kier alpha value is -2.96. The fourth-order valence-electron chi connectivity index (χ4n) is 4.29. The lowest BCUT2D eigenvalue weighted by Gasteiger charge is -2.24. The molecule has 3 aromatic rings. The Morgan fingerprint density at radius 1 is 1.14 bits per heavy atom. The first-order chi connectivity index (χ1) is 17.1. The van der Waals surface area contributed by atoms with Crippen molar-refractivity contribution in [2.45, 2.75) is 36.6 Å². The van der Waals surface area contributed by atoms with E-state index in [0.717, 1.165) is 22.0 Å². The SMILES string of the molecule is Cc1cc(C(C#N)c2ccc(Cl)cc2)c(Cl)cc1NC(=O)C1CCCN1S(=O)(=O)c1ccc(F)cc1. The van der Waals surface area contributed by atoms with Crippen LogP contribution in [0, 0.1) is 24.1 Å². The maximum Gasteiger partial charge on any atom is 0.243 e. The maximum atomic E-state index is 13.3. The van der Waals surface area contributed by atoms with Crippen molar-refractivity contribution in [3.8, 4) is 6.07 Å². The zero-order valence-corrected chi connectivity index (χ0v) is 21.5. The number of hydrogen-bond donors (Lipinski definition) is 1. The molecular weight excluding hydrogens is 524 g/mol. The number of sulfonamides is 1. The van der Waals surface area contributed by atoms with E-state index in [0.29, 0.717) is 39.7 Å². The molecule has 1 N–H and O–H groups in total. The van der Waals surface area contributed by atoms with Gasteiger partial charge in [0.15, 0.2) is 0 Å². The molecule has 1 saturated heterocycles. The predicted octanol–water partition coefficient (Wildman–Crippen LogP) is 5.89. The van der Waals surface area contributed by atoms with Crippen LogP contribution in [0.4, 0.5) is 10.1 Å². The number of nitrogens with one attached hydrogen (secondary N) is 1. The number of amides is 1. The summed E-state index contributed by atoms with van der Waals surface area (Å²) in [4.78, 5) is 13.1. The van der Waals surface area contributed by atoms with Crippen LogP contribution in [0.1, 0.15) is 35.4 Å². The fraction of sp³-hybridized carbons (Fsp3) is 0.231. The van der Waals surface area contributed by atoms with Crippen LogP contribution in [-0.2, 0) is 14.8 Å². The Morgan fingerprint density at radius 3 is 2.44 bits per heavy atom. The van der Waals surface area contributed by atoms with Crippen LogP contribution >= 0.6 is 23.2 Å². The van der Waals surface area contributed by atoms with E-state index in [1.54, 1.807) is 43.3 Å². The van der Waals surface area contributed by atoms with Gasteiger partial charge in [0.05, 0.1) is 16.9 Å². The van der Waals surface area contributed by atoms with Crippen LogP contribution in [0.15, 0.2) is 65.6 Å². The van der Waals surface area contributed by atoms with Crippen molar-refractivity contribution >= 4 is 44.8 Å². The summed E-state index contributed by atoms with van der Waals surface area (Å²) in [6, 6.07) is 16.1. The van der Waals surface area contributed by atoms with Gasteiger partial charge in [0, 0.05) is 22.3 Å². The molecule has 3 aromatic carbocycles. The van der Waals surface area contributed by atoms with Crippen molar-refractivity contribution < 1.29 is 17.6 Å². The lowest BCUT2D eigenvalue weighted by molar-refractivity contribution is -0.119. The van der Waals surface area contributed by atoms with Crippen molar-refractivity contribution in [2.75, 3.05) is 11.9 Å². The highest BCUT2D eigenvalue weighted by atomic mass is 35.5. The minimum absolute atomic E-state index is 0.0723. The van der Waals surface area contributed by atoms with Gasteiger partial charge >= 0.3 is 0 Å². The maximum absolute atomic E-state index is 13.3. The fourth-order valence-corrected chi connectivity index (χ4v) is 6.34. The first-order valence-electron chi connectivity index (χ1n) is 11.1. The Bertz CT molecular complexity index is 1440. The predicted molar refractivity (Wildman–Crippen MR) is 137 cm³/mol. The van der Waals surface area contributed by atoms with Gasteiger partial charge in [-0.05, 0) is 78.9 Å². The molecule has 0 saturated carbocycles. The molecule has 36 heavy (non-hydrogen) atoms. The minimum atomic E-state index is -3.98. The second-order valence-corrected chi connectivity index (χ2v) is 11.3. The van der Waals surface area contributed by atoms with Gasteiger partial charge in [-0.15, -0.1) is 0 Å². The summed E-state index contributed by atoms with van der Waals surface area (Å²) in [5, 5.41) is 13.4. The molecule has 1 aliphatic heterocycles. The summed E-state index contributed by atoms with van der Waals surface area (Å²) in [7, 11) is -3.98. The van der Waals surface area contributed by atoms with Crippen LogP contribution in [0.3, 0.4) is 0 Å². The molecule has 0 spiro atoms. The Kier molecular flexibility index (Phi) is 7.67. The summed E-state index contributed by atoms with van der Waals surface area (Å²) in [5.74, 6) is -1.67. The zero-order chi connectivity index (χ0) is 26.0. The Balaban J connectivity index is 1.57. The van der Waals surface area contributed by atoms with Crippen molar-refractivity contribution in [3.63, 3.8) is 0 Å². The molecule has 0 bridgehead atoms. The second kappa shape index (κ2) is 10.6. The van der Waals surface area contributed by atoms with Gasteiger partial charge in [-0.3, -0.25) is 4.79 Å². The van der Waals surface area contributed by atoms with Crippen LogP contribution in [0.5, 0.6) is 0 Å². The monoisotopic (exact) mass is 545 g/mol. The molecule has 2 unspecified atom stereocenters. The number of aryl methyl sites for hydroxylation is 1. The van der Waals surface area contributed by atoms with E-state index in [2.05, 4.69) is 11.4 Å². The van der Waals surface area contributed by atoms with E-state index >= 15 is 0 Å². The number of carbonyl (C=O) groups excluding carboxylic acids is 1. The molecule has 1 amide bonds. The first kappa shape index (κ1) is 26.1. The van der Waals surface area contributed by atoms with Crippen LogP contribution in [0.2, 0.25) is 10.0 Å². The van der Waals surface area contributed by atoms with Crippen LogP contribution < -0.4 is 5.32 Å². The van der Waals surface area contributed by atoms with Gasteiger partial charge in [-0.1, -0.05) is 41.4 Å². The normalized spacial score (nSPS) is 16.9. The van der Waals surface area contributed by atoms with Gasteiger partial charge < -0.3 is 5.32 Å². The molecule has 0 radical (unpaired) electrons. The van der Waals surface area contributed by atoms with Gasteiger partial charge in [0.25, 0.3) is 0 Å². The number of nitriles is 1. The number of anilines is 1.